The summed E-state index contributed by atoms with van der Waals surface area (Å²) in [5.41, 5.74) is 4.01. The van der Waals surface area contributed by atoms with Crippen LogP contribution in [-0.2, 0) is 6.42 Å². The fraction of sp³-hybridized carbons (Fsp3) is 0.111. The lowest BCUT2D eigenvalue weighted by Crippen LogP contribution is -2.12. The molecule has 5 heteroatoms. The Kier molecular flexibility index (Phi) is 4.44. The highest BCUT2D eigenvalue weighted by Gasteiger charge is 2.15. The molecular weight excluding hydrogens is 310 g/mol. The van der Waals surface area contributed by atoms with Crippen LogP contribution >= 0.6 is 11.6 Å². The molecule has 0 unspecified atom stereocenters. The zero-order valence-electron chi connectivity index (χ0n) is 12.6. The Balaban J connectivity index is 1.82. The predicted molar refractivity (Wildman–Crippen MR) is 92.8 cm³/mol. The van der Waals surface area contributed by atoms with Crippen LogP contribution in [0, 0.1) is 0 Å². The van der Waals surface area contributed by atoms with Crippen molar-refractivity contribution in [3.63, 3.8) is 0 Å². The number of amides is 1. The third kappa shape index (κ3) is 3.43. The van der Waals surface area contributed by atoms with Crippen molar-refractivity contribution in [2.75, 3.05) is 5.32 Å². The molecule has 2 aromatic carbocycles. The highest BCUT2D eigenvalue weighted by atomic mass is 35.5. The van der Waals surface area contributed by atoms with Gasteiger partial charge in [-0.25, -0.2) is 0 Å². The molecule has 3 aromatic rings. The minimum atomic E-state index is -0.201. The molecule has 2 N–H and O–H groups in total. The maximum Gasteiger partial charge on any atom is 0.259 e. The summed E-state index contributed by atoms with van der Waals surface area (Å²) in [4.78, 5) is 12.5. The number of aromatic nitrogens is 2. The van der Waals surface area contributed by atoms with Crippen molar-refractivity contribution in [1.82, 2.24) is 10.2 Å². The van der Waals surface area contributed by atoms with Gasteiger partial charge in [-0.15, -0.1) is 0 Å². The highest BCUT2D eigenvalue weighted by Crippen LogP contribution is 2.23. The lowest BCUT2D eigenvalue weighted by atomic mass is 10.1. The molecule has 1 heterocycles. The molecule has 1 aromatic heterocycles. The van der Waals surface area contributed by atoms with E-state index in [1.807, 2.05) is 36.4 Å². The first-order valence-electron chi connectivity index (χ1n) is 7.37. The molecule has 0 fully saturated rings. The third-order valence-corrected chi connectivity index (χ3v) is 3.89. The van der Waals surface area contributed by atoms with Crippen molar-refractivity contribution < 1.29 is 4.79 Å². The molecule has 0 saturated heterocycles. The summed E-state index contributed by atoms with van der Waals surface area (Å²) in [7, 11) is 0. The van der Waals surface area contributed by atoms with Crippen LogP contribution in [0.2, 0.25) is 5.02 Å². The molecule has 116 valence electrons. The number of hydrogen-bond donors (Lipinski definition) is 2. The van der Waals surface area contributed by atoms with E-state index >= 15 is 0 Å². The van der Waals surface area contributed by atoms with Crippen LogP contribution < -0.4 is 5.32 Å². The van der Waals surface area contributed by atoms with Gasteiger partial charge in [-0.05, 0) is 36.2 Å². The molecule has 23 heavy (non-hydrogen) atoms. The number of carbonyl (C=O) groups excluding carboxylic acids is 1. The minimum absolute atomic E-state index is 0.201. The number of H-pyrrole nitrogens is 1. The maximum absolute atomic E-state index is 12.5. The molecule has 0 radical (unpaired) electrons. The summed E-state index contributed by atoms with van der Waals surface area (Å²) in [6.07, 6.45) is 2.50. The molecular formula is C18H16ClN3O. The lowest BCUT2D eigenvalue weighted by molar-refractivity contribution is 0.102. The van der Waals surface area contributed by atoms with E-state index in [2.05, 4.69) is 22.4 Å². The zero-order valence-corrected chi connectivity index (χ0v) is 13.4. The second-order valence-corrected chi connectivity index (χ2v) is 5.61. The molecule has 3 rings (SSSR count). The number of hydrogen-bond acceptors (Lipinski definition) is 2. The van der Waals surface area contributed by atoms with Gasteiger partial charge in [0.2, 0.25) is 0 Å². The lowest BCUT2D eigenvalue weighted by Gasteiger charge is -2.07. The van der Waals surface area contributed by atoms with Crippen molar-refractivity contribution in [3.05, 3.63) is 70.9 Å². The molecule has 0 spiro atoms. The van der Waals surface area contributed by atoms with Gasteiger partial charge in [-0.2, -0.15) is 5.10 Å². The van der Waals surface area contributed by atoms with Crippen molar-refractivity contribution in [2.45, 2.75) is 13.3 Å². The molecule has 1 amide bonds. The summed E-state index contributed by atoms with van der Waals surface area (Å²) in [6.45, 7) is 2.09. The van der Waals surface area contributed by atoms with E-state index in [-0.39, 0.29) is 5.91 Å². The molecule has 4 nitrogen and oxygen atoms in total. The molecule has 0 aliphatic rings. The first kappa shape index (κ1) is 15.3. The van der Waals surface area contributed by atoms with Crippen LogP contribution in [0.1, 0.15) is 22.8 Å². The Morgan fingerprint density at radius 1 is 1.13 bits per heavy atom. The number of aryl methyl sites for hydroxylation is 1. The Morgan fingerprint density at radius 3 is 2.48 bits per heavy atom. The fourth-order valence-electron chi connectivity index (χ4n) is 2.32. The summed E-state index contributed by atoms with van der Waals surface area (Å²) in [5, 5.41) is 10.4. The number of rotatable bonds is 4. The van der Waals surface area contributed by atoms with Crippen LogP contribution in [0.3, 0.4) is 0 Å². The Morgan fingerprint density at radius 2 is 1.83 bits per heavy atom. The van der Waals surface area contributed by atoms with Gasteiger partial charge in [-0.1, -0.05) is 42.8 Å². The molecule has 0 atom stereocenters. The monoisotopic (exact) mass is 325 g/mol. The first-order chi connectivity index (χ1) is 11.2. The number of benzene rings is 2. The van der Waals surface area contributed by atoms with E-state index in [1.54, 1.807) is 12.1 Å². The van der Waals surface area contributed by atoms with Gasteiger partial charge in [0.1, 0.15) is 0 Å². The van der Waals surface area contributed by atoms with E-state index in [4.69, 9.17) is 11.6 Å². The molecule has 0 bridgehead atoms. The number of nitrogens with zero attached hydrogens (tertiary/aromatic N) is 1. The Bertz CT molecular complexity index is 807. The summed E-state index contributed by atoms with van der Waals surface area (Å²) < 4.78 is 0. The average molecular weight is 326 g/mol. The largest absolute Gasteiger partial charge is 0.322 e. The SMILES string of the molecule is CCc1ccc(NC(=O)c2cn[nH]c2-c2ccc(Cl)cc2)cc1. The maximum atomic E-state index is 12.5. The van der Waals surface area contributed by atoms with E-state index in [1.165, 1.54) is 11.8 Å². The average Bonchev–Trinajstić information content (AvgIpc) is 3.06. The van der Waals surface area contributed by atoms with Crippen LogP contribution in [0.5, 0.6) is 0 Å². The van der Waals surface area contributed by atoms with E-state index < -0.39 is 0 Å². The molecule has 0 saturated carbocycles. The second-order valence-electron chi connectivity index (χ2n) is 5.17. The quantitative estimate of drug-likeness (QED) is 0.739. The third-order valence-electron chi connectivity index (χ3n) is 3.64. The van der Waals surface area contributed by atoms with E-state index in [0.717, 1.165) is 17.7 Å². The van der Waals surface area contributed by atoms with Gasteiger partial charge in [-0.3, -0.25) is 9.89 Å². The number of halogens is 1. The van der Waals surface area contributed by atoms with Crippen molar-refractivity contribution in [1.29, 1.82) is 0 Å². The van der Waals surface area contributed by atoms with Gasteiger partial charge < -0.3 is 5.32 Å². The standard InChI is InChI=1S/C18H16ClN3O/c1-2-12-3-9-15(10-4-12)21-18(23)16-11-20-22-17(16)13-5-7-14(19)8-6-13/h3-11H,2H2,1H3,(H,20,22)(H,21,23). The van der Waals surface area contributed by atoms with Gasteiger partial charge >= 0.3 is 0 Å². The van der Waals surface area contributed by atoms with E-state index in [0.29, 0.717) is 16.3 Å². The number of nitrogens with one attached hydrogen (secondary N) is 2. The first-order valence-corrected chi connectivity index (χ1v) is 7.74. The summed E-state index contributed by atoms with van der Waals surface area (Å²) >= 11 is 5.90. The second kappa shape index (κ2) is 6.67. The number of aromatic amines is 1. The van der Waals surface area contributed by atoms with Crippen molar-refractivity contribution in [2.24, 2.45) is 0 Å². The van der Waals surface area contributed by atoms with Gasteiger partial charge in [0.05, 0.1) is 17.5 Å². The predicted octanol–water partition coefficient (Wildman–Crippen LogP) is 4.54. The van der Waals surface area contributed by atoms with Crippen LogP contribution in [0.15, 0.2) is 54.7 Å². The fourth-order valence-corrected chi connectivity index (χ4v) is 2.44. The number of carbonyl (C=O) groups is 1. The molecule has 0 aliphatic heterocycles. The smallest absolute Gasteiger partial charge is 0.259 e. The van der Waals surface area contributed by atoms with Gasteiger partial charge in [0.25, 0.3) is 5.91 Å². The van der Waals surface area contributed by atoms with E-state index in [9.17, 15) is 4.79 Å². The van der Waals surface area contributed by atoms with Crippen molar-refractivity contribution in [3.8, 4) is 11.3 Å². The summed E-state index contributed by atoms with van der Waals surface area (Å²) in [5.74, 6) is -0.201. The minimum Gasteiger partial charge on any atom is -0.322 e. The normalized spacial score (nSPS) is 10.5. The highest BCUT2D eigenvalue weighted by molar-refractivity contribution is 6.30. The Labute approximate surface area is 139 Å². The van der Waals surface area contributed by atoms with Crippen LogP contribution in [0.25, 0.3) is 11.3 Å². The zero-order chi connectivity index (χ0) is 16.2. The topological polar surface area (TPSA) is 57.8 Å². The Hall–Kier alpha value is -2.59. The van der Waals surface area contributed by atoms with Crippen LogP contribution in [0.4, 0.5) is 5.69 Å². The van der Waals surface area contributed by atoms with Gasteiger partial charge in [0.15, 0.2) is 0 Å². The van der Waals surface area contributed by atoms with Crippen molar-refractivity contribution >= 4 is 23.2 Å². The number of anilines is 1. The molecule has 0 aliphatic carbocycles. The van der Waals surface area contributed by atoms with Crippen LogP contribution in [-0.4, -0.2) is 16.1 Å². The van der Waals surface area contributed by atoms with Gasteiger partial charge in [0, 0.05) is 16.3 Å². The summed E-state index contributed by atoms with van der Waals surface area (Å²) in [6, 6.07) is 15.1.